The molecule has 1 aromatic carbocycles. The van der Waals surface area contributed by atoms with Crippen LogP contribution in [0.15, 0.2) is 36.4 Å². The molecule has 0 aliphatic carbocycles. The van der Waals surface area contributed by atoms with Gasteiger partial charge in [-0.3, -0.25) is 0 Å². The zero-order valence-electron chi connectivity index (χ0n) is 11.2. The second-order valence-corrected chi connectivity index (χ2v) is 4.59. The minimum atomic E-state index is -4.63. The summed E-state index contributed by atoms with van der Waals surface area (Å²) in [5, 5.41) is 2.90. The molecule has 22 heavy (non-hydrogen) atoms. The van der Waals surface area contributed by atoms with Crippen molar-refractivity contribution < 1.29 is 22.7 Å². The summed E-state index contributed by atoms with van der Waals surface area (Å²) in [6.45, 7) is 0. The normalized spacial score (nSPS) is 11.1. The molecule has 0 saturated heterocycles. The molecule has 0 radical (unpaired) electrons. The van der Waals surface area contributed by atoms with Crippen LogP contribution in [0.1, 0.15) is 16.1 Å². The predicted molar refractivity (Wildman–Crippen MR) is 75.3 cm³/mol. The van der Waals surface area contributed by atoms with Crippen LogP contribution in [0.25, 0.3) is 0 Å². The summed E-state index contributed by atoms with van der Waals surface area (Å²) in [6, 6.07) is 8.11. The van der Waals surface area contributed by atoms with Crippen LogP contribution in [0.2, 0.25) is 5.02 Å². The number of esters is 1. The molecule has 1 heterocycles. The summed E-state index contributed by atoms with van der Waals surface area (Å²) in [4.78, 5) is 15.1. The van der Waals surface area contributed by atoms with Crippen LogP contribution < -0.4 is 5.32 Å². The quantitative estimate of drug-likeness (QED) is 0.853. The highest BCUT2D eigenvalue weighted by Crippen LogP contribution is 2.31. The maximum atomic E-state index is 12.8. The number of hydrogen-bond donors (Lipinski definition) is 1. The van der Waals surface area contributed by atoms with Crippen LogP contribution >= 0.6 is 11.6 Å². The van der Waals surface area contributed by atoms with Gasteiger partial charge in [-0.2, -0.15) is 13.2 Å². The number of para-hydroxylation sites is 1. The second kappa shape index (κ2) is 6.23. The number of alkyl halides is 3. The first kappa shape index (κ1) is 16.1. The molecule has 1 N–H and O–H groups in total. The van der Waals surface area contributed by atoms with Gasteiger partial charge in [0.15, 0.2) is 0 Å². The number of carbonyl (C=O) groups is 1. The lowest BCUT2D eigenvalue weighted by Crippen LogP contribution is -2.13. The average Bonchev–Trinajstić information content (AvgIpc) is 2.48. The molecule has 0 aliphatic rings. The highest BCUT2D eigenvalue weighted by molar-refractivity contribution is 6.33. The second-order valence-electron chi connectivity index (χ2n) is 4.19. The predicted octanol–water partition coefficient (Wildman–Crippen LogP) is 4.28. The monoisotopic (exact) mass is 330 g/mol. The van der Waals surface area contributed by atoms with Crippen molar-refractivity contribution in [1.29, 1.82) is 0 Å². The Kier molecular flexibility index (Phi) is 4.56. The third kappa shape index (κ3) is 3.48. The fourth-order valence-electron chi connectivity index (χ4n) is 1.68. The third-order valence-electron chi connectivity index (χ3n) is 2.72. The van der Waals surface area contributed by atoms with E-state index in [-0.39, 0.29) is 16.4 Å². The number of nitrogens with zero attached hydrogens (tertiary/aromatic N) is 1. The Morgan fingerprint density at radius 3 is 2.50 bits per heavy atom. The Hall–Kier alpha value is -2.28. The van der Waals surface area contributed by atoms with Crippen LogP contribution in [-0.2, 0) is 10.9 Å². The molecule has 0 spiro atoms. The number of methoxy groups -OCH3 is 1. The van der Waals surface area contributed by atoms with Gasteiger partial charge in [0.1, 0.15) is 17.1 Å². The lowest BCUT2D eigenvalue weighted by molar-refractivity contribution is -0.141. The highest BCUT2D eigenvalue weighted by atomic mass is 35.5. The number of pyridine rings is 1. The van der Waals surface area contributed by atoms with Gasteiger partial charge >= 0.3 is 12.1 Å². The topological polar surface area (TPSA) is 51.2 Å². The number of carbonyl (C=O) groups excluding carboxylic acids is 1. The van der Waals surface area contributed by atoms with E-state index in [2.05, 4.69) is 15.0 Å². The Morgan fingerprint density at radius 2 is 1.91 bits per heavy atom. The van der Waals surface area contributed by atoms with Crippen molar-refractivity contribution in [3.8, 4) is 0 Å². The van der Waals surface area contributed by atoms with Crippen molar-refractivity contribution in [3.63, 3.8) is 0 Å². The molecule has 0 atom stereocenters. The van der Waals surface area contributed by atoms with Crippen molar-refractivity contribution in [3.05, 3.63) is 52.7 Å². The number of nitrogens with one attached hydrogen (secondary N) is 1. The first-order valence-corrected chi connectivity index (χ1v) is 6.39. The van der Waals surface area contributed by atoms with Crippen molar-refractivity contribution in [1.82, 2.24) is 4.98 Å². The van der Waals surface area contributed by atoms with Gasteiger partial charge in [-0.05, 0) is 24.3 Å². The fourth-order valence-corrected chi connectivity index (χ4v) is 1.86. The number of hydrogen-bond acceptors (Lipinski definition) is 4. The molecule has 0 fully saturated rings. The van der Waals surface area contributed by atoms with E-state index in [0.717, 1.165) is 13.2 Å². The SMILES string of the molecule is COC(=O)c1ccc(C(F)(F)F)nc1Nc1ccccc1Cl. The maximum Gasteiger partial charge on any atom is 0.433 e. The Morgan fingerprint density at radius 1 is 1.23 bits per heavy atom. The van der Waals surface area contributed by atoms with E-state index in [0.29, 0.717) is 11.8 Å². The van der Waals surface area contributed by atoms with Crippen molar-refractivity contribution in [2.24, 2.45) is 0 Å². The van der Waals surface area contributed by atoms with Gasteiger partial charge in [0, 0.05) is 0 Å². The van der Waals surface area contributed by atoms with Crippen LogP contribution in [-0.4, -0.2) is 18.1 Å². The van der Waals surface area contributed by atoms with Gasteiger partial charge in [-0.1, -0.05) is 23.7 Å². The lowest BCUT2D eigenvalue weighted by Gasteiger charge is -2.13. The molecule has 116 valence electrons. The van der Waals surface area contributed by atoms with E-state index in [1.54, 1.807) is 24.3 Å². The molecule has 2 aromatic rings. The summed E-state index contributed by atoms with van der Waals surface area (Å²) in [5.74, 6) is -1.09. The minimum absolute atomic E-state index is 0.129. The Labute approximate surface area is 128 Å². The number of halogens is 4. The Balaban J connectivity index is 2.50. The lowest BCUT2D eigenvalue weighted by atomic mass is 10.2. The van der Waals surface area contributed by atoms with Crippen LogP contribution in [0.4, 0.5) is 24.7 Å². The van der Waals surface area contributed by atoms with Crippen LogP contribution in [0.3, 0.4) is 0 Å². The van der Waals surface area contributed by atoms with Gasteiger partial charge in [0.2, 0.25) is 0 Å². The maximum absolute atomic E-state index is 12.8. The van der Waals surface area contributed by atoms with E-state index in [1.807, 2.05) is 0 Å². The summed E-state index contributed by atoms with van der Waals surface area (Å²) in [7, 11) is 1.12. The van der Waals surface area contributed by atoms with Gasteiger partial charge in [-0.25, -0.2) is 9.78 Å². The van der Waals surface area contributed by atoms with Gasteiger partial charge in [0.25, 0.3) is 0 Å². The zero-order chi connectivity index (χ0) is 16.3. The summed E-state index contributed by atoms with van der Waals surface area (Å²) in [6.07, 6.45) is -4.63. The van der Waals surface area contributed by atoms with Gasteiger partial charge in [-0.15, -0.1) is 0 Å². The fraction of sp³-hybridized carbons (Fsp3) is 0.143. The minimum Gasteiger partial charge on any atom is -0.465 e. The van der Waals surface area contributed by atoms with Crippen LogP contribution in [0.5, 0.6) is 0 Å². The highest BCUT2D eigenvalue weighted by Gasteiger charge is 2.33. The smallest absolute Gasteiger partial charge is 0.433 e. The van der Waals surface area contributed by atoms with E-state index < -0.39 is 17.8 Å². The van der Waals surface area contributed by atoms with Gasteiger partial charge in [0.05, 0.1) is 17.8 Å². The van der Waals surface area contributed by atoms with E-state index in [1.165, 1.54) is 0 Å². The van der Waals surface area contributed by atoms with Crippen molar-refractivity contribution in [2.45, 2.75) is 6.18 Å². The standard InChI is InChI=1S/C14H10ClF3N2O2/c1-22-13(21)8-6-7-11(14(16,17)18)20-12(8)19-10-5-3-2-4-9(10)15/h2-7H,1H3,(H,19,20). The molecule has 2 rings (SSSR count). The first-order chi connectivity index (χ1) is 10.3. The number of rotatable bonds is 3. The number of anilines is 2. The molecule has 0 amide bonds. The summed E-state index contributed by atoms with van der Waals surface area (Å²) >= 11 is 5.94. The molecule has 0 unspecified atom stereocenters. The third-order valence-corrected chi connectivity index (χ3v) is 3.05. The number of aromatic nitrogens is 1. The molecule has 1 aromatic heterocycles. The molecule has 4 nitrogen and oxygen atoms in total. The number of ether oxygens (including phenoxy) is 1. The first-order valence-electron chi connectivity index (χ1n) is 6.01. The van der Waals surface area contributed by atoms with E-state index in [9.17, 15) is 18.0 Å². The Bertz CT molecular complexity index is 705. The molecule has 0 saturated carbocycles. The van der Waals surface area contributed by atoms with E-state index >= 15 is 0 Å². The average molecular weight is 331 g/mol. The van der Waals surface area contributed by atoms with Gasteiger partial charge < -0.3 is 10.1 Å². The molecule has 0 bridgehead atoms. The summed E-state index contributed by atoms with van der Waals surface area (Å²) in [5.41, 5.74) is -0.939. The van der Waals surface area contributed by atoms with Crippen LogP contribution in [0, 0.1) is 0 Å². The molecule has 8 heteroatoms. The molecular formula is C14H10ClF3N2O2. The van der Waals surface area contributed by atoms with Crippen molar-refractivity contribution >= 4 is 29.1 Å². The van der Waals surface area contributed by atoms with Crippen molar-refractivity contribution in [2.75, 3.05) is 12.4 Å². The van der Waals surface area contributed by atoms with E-state index in [4.69, 9.17) is 11.6 Å². The zero-order valence-corrected chi connectivity index (χ0v) is 12.0. The number of benzene rings is 1. The largest absolute Gasteiger partial charge is 0.465 e. The summed E-state index contributed by atoms with van der Waals surface area (Å²) < 4.78 is 42.8. The molecule has 0 aliphatic heterocycles. The molecular weight excluding hydrogens is 321 g/mol.